The van der Waals surface area contributed by atoms with E-state index in [1.165, 1.54) is 12.2 Å². The van der Waals surface area contributed by atoms with Crippen molar-refractivity contribution in [3.63, 3.8) is 0 Å². The van der Waals surface area contributed by atoms with Crippen LogP contribution in [0.1, 0.15) is 40.5 Å². The number of hydrogen-bond acceptors (Lipinski definition) is 2. The molecule has 0 atom stereocenters. The number of allylic oxidation sites excluding steroid dienone is 2. The molecule has 2 nitrogen and oxygen atoms in total. The maximum absolute atomic E-state index is 11.4. The van der Waals surface area contributed by atoms with Crippen molar-refractivity contribution in [1.29, 1.82) is 0 Å². The highest BCUT2D eigenvalue weighted by Crippen LogP contribution is 2.36. The Balaban J connectivity index is 4.33. The first-order chi connectivity index (χ1) is 11.2. The third-order valence-electron chi connectivity index (χ3n) is 3.56. The van der Waals surface area contributed by atoms with Gasteiger partial charge in [-0.25, -0.2) is 0 Å². The molecule has 0 aliphatic rings. The summed E-state index contributed by atoms with van der Waals surface area (Å²) in [6.07, 6.45) is 4.61. The summed E-state index contributed by atoms with van der Waals surface area (Å²) in [7, 11) is -1.78. The van der Waals surface area contributed by atoms with Crippen LogP contribution in [0.5, 0.6) is 0 Å². The number of ketones is 1. The van der Waals surface area contributed by atoms with Gasteiger partial charge in [-0.3, -0.25) is 4.79 Å². The van der Waals surface area contributed by atoms with Gasteiger partial charge in [0.1, 0.15) is 0 Å². The molecular weight excluding hydrogens is 312 g/mol. The smallest absolute Gasteiger partial charge is 0.230 e. The molecule has 0 aromatic carbocycles. The number of carbonyl (C=O) groups excluding carboxylic acids is 1. The SMILES string of the molecule is CCCC#CC#C/C=C\C(=O)C#CC#CCO[Si](C)(C)C(C)(C)C. The quantitative estimate of drug-likeness (QED) is 0.336. The minimum atomic E-state index is -1.78. The van der Waals surface area contributed by atoms with Gasteiger partial charge < -0.3 is 4.43 Å². The van der Waals surface area contributed by atoms with Crippen LogP contribution in [0.3, 0.4) is 0 Å². The van der Waals surface area contributed by atoms with Gasteiger partial charge in [-0.05, 0) is 60.2 Å². The Bertz CT molecular complexity index is 690. The van der Waals surface area contributed by atoms with Crippen molar-refractivity contribution in [3.8, 4) is 47.4 Å². The van der Waals surface area contributed by atoms with Crippen LogP contribution in [0.25, 0.3) is 0 Å². The zero-order valence-electron chi connectivity index (χ0n) is 15.6. The average Bonchev–Trinajstić information content (AvgIpc) is 2.48. The molecule has 0 fully saturated rings. The molecule has 0 aromatic heterocycles. The number of rotatable bonds is 4. The minimum absolute atomic E-state index is 0.156. The van der Waals surface area contributed by atoms with E-state index < -0.39 is 8.32 Å². The van der Waals surface area contributed by atoms with E-state index in [9.17, 15) is 4.79 Å². The van der Waals surface area contributed by atoms with Crippen molar-refractivity contribution >= 4 is 14.1 Å². The number of hydrogen-bond donors (Lipinski definition) is 0. The van der Waals surface area contributed by atoms with Crippen LogP contribution in [-0.2, 0) is 9.22 Å². The van der Waals surface area contributed by atoms with Crippen LogP contribution in [0.2, 0.25) is 18.1 Å². The molecule has 0 amide bonds. The van der Waals surface area contributed by atoms with Gasteiger partial charge in [0.2, 0.25) is 5.78 Å². The Morgan fingerprint density at radius 2 is 1.75 bits per heavy atom. The fraction of sp³-hybridized carbons (Fsp3) is 0.476. The molecule has 0 saturated heterocycles. The Hall–Kier alpha value is -2.17. The van der Waals surface area contributed by atoms with Gasteiger partial charge >= 0.3 is 0 Å². The molecule has 0 radical (unpaired) electrons. The summed E-state index contributed by atoms with van der Waals surface area (Å²) in [5.74, 6) is 21.0. The predicted octanol–water partition coefficient (Wildman–Crippen LogP) is 3.95. The van der Waals surface area contributed by atoms with E-state index in [0.717, 1.165) is 12.8 Å². The lowest BCUT2D eigenvalue weighted by atomic mass is 10.2. The first kappa shape index (κ1) is 21.8. The first-order valence-electron chi connectivity index (χ1n) is 8.02. The summed E-state index contributed by atoms with van der Waals surface area (Å²) in [6, 6.07) is 0. The summed E-state index contributed by atoms with van der Waals surface area (Å²) < 4.78 is 5.89. The lowest BCUT2D eigenvalue weighted by Crippen LogP contribution is -2.40. The Kier molecular flexibility index (Phi) is 10.3. The summed E-state index contributed by atoms with van der Waals surface area (Å²) in [5, 5.41) is 0.156. The molecule has 0 spiro atoms. The fourth-order valence-electron chi connectivity index (χ4n) is 1.07. The number of unbranched alkanes of at least 4 members (excludes halogenated alkanes) is 1. The summed E-state index contributed by atoms with van der Waals surface area (Å²) >= 11 is 0. The van der Waals surface area contributed by atoms with Crippen LogP contribution in [0.15, 0.2) is 12.2 Å². The molecular formula is C21H26O2Si. The van der Waals surface area contributed by atoms with Gasteiger partial charge in [0.15, 0.2) is 8.32 Å². The summed E-state index contributed by atoms with van der Waals surface area (Å²) in [5.41, 5.74) is 0. The molecule has 0 saturated carbocycles. The van der Waals surface area contributed by atoms with Gasteiger partial charge in [-0.15, -0.1) is 0 Å². The standard InChI is InChI=1S/C21H26O2Si/c1-7-8-9-10-11-12-14-17-20(22)18-15-13-16-19-23-24(5,6)21(2,3)4/h14,17H,7-8,19H2,1-6H3/b17-14-. The maximum atomic E-state index is 11.4. The third kappa shape index (κ3) is 10.5. The second-order valence-corrected chi connectivity index (χ2v) is 11.4. The highest BCUT2D eigenvalue weighted by atomic mass is 28.4. The molecule has 0 bridgehead atoms. The molecule has 0 rings (SSSR count). The molecule has 0 aliphatic heterocycles. The molecule has 0 N–H and O–H groups in total. The van der Waals surface area contributed by atoms with Crippen molar-refractivity contribution in [2.75, 3.05) is 6.61 Å². The van der Waals surface area contributed by atoms with Crippen molar-refractivity contribution < 1.29 is 9.22 Å². The lowest BCUT2D eigenvalue weighted by Gasteiger charge is -2.35. The van der Waals surface area contributed by atoms with E-state index in [4.69, 9.17) is 4.43 Å². The third-order valence-corrected chi connectivity index (χ3v) is 8.04. The van der Waals surface area contributed by atoms with Gasteiger partial charge in [-0.1, -0.05) is 45.5 Å². The highest BCUT2D eigenvalue weighted by molar-refractivity contribution is 6.74. The average molecular weight is 339 g/mol. The zero-order valence-corrected chi connectivity index (χ0v) is 16.6. The second-order valence-electron chi connectivity index (χ2n) is 6.62. The molecule has 3 heteroatoms. The molecule has 0 unspecified atom stereocenters. The van der Waals surface area contributed by atoms with E-state index in [1.807, 2.05) is 0 Å². The van der Waals surface area contributed by atoms with Crippen LogP contribution in [-0.4, -0.2) is 20.7 Å². The molecule has 24 heavy (non-hydrogen) atoms. The molecule has 0 aliphatic carbocycles. The second kappa shape index (κ2) is 11.4. The normalized spacial score (nSPS) is 10.2. The van der Waals surface area contributed by atoms with Gasteiger partial charge in [0, 0.05) is 12.5 Å². The molecule has 0 heterocycles. The van der Waals surface area contributed by atoms with Crippen molar-refractivity contribution in [1.82, 2.24) is 0 Å². The lowest BCUT2D eigenvalue weighted by molar-refractivity contribution is -0.109. The van der Waals surface area contributed by atoms with Crippen LogP contribution >= 0.6 is 0 Å². The van der Waals surface area contributed by atoms with Crippen molar-refractivity contribution in [2.24, 2.45) is 0 Å². The van der Waals surface area contributed by atoms with Gasteiger partial charge in [-0.2, -0.15) is 0 Å². The minimum Gasteiger partial charge on any atom is -0.406 e. The Morgan fingerprint density at radius 1 is 1.08 bits per heavy atom. The molecule has 126 valence electrons. The van der Waals surface area contributed by atoms with E-state index >= 15 is 0 Å². The zero-order chi connectivity index (χ0) is 18.5. The maximum Gasteiger partial charge on any atom is 0.230 e. The van der Waals surface area contributed by atoms with E-state index in [1.54, 1.807) is 0 Å². The fourth-order valence-corrected chi connectivity index (χ4v) is 1.94. The topological polar surface area (TPSA) is 26.3 Å². The van der Waals surface area contributed by atoms with Crippen LogP contribution in [0.4, 0.5) is 0 Å². The predicted molar refractivity (Wildman–Crippen MR) is 103 cm³/mol. The van der Waals surface area contributed by atoms with Crippen molar-refractivity contribution in [3.05, 3.63) is 12.2 Å². The van der Waals surface area contributed by atoms with Crippen LogP contribution in [0, 0.1) is 47.4 Å². The van der Waals surface area contributed by atoms with E-state index in [2.05, 4.69) is 88.2 Å². The monoisotopic (exact) mass is 338 g/mol. The largest absolute Gasteiger partial charge is 0.406 e. The first-order valence-corrected chi connectivity index (χ1v) is 10.9. The van der Waals surface area contributed by atoms with E-state index in [0.29, 0.717) is 6.61 Å². The summed E-state index contributed by atoms with van der Waals surface area (Å²) in [4.78, 5) is 11.4. The van der Waals surface area contributed by atoms with Crippen molar-refractivity contribution in [2.45, 2.75) is 58.7 Å². The summed E-state index contributed by atoms with van der Waals surface area (Å²) in [6.45, 7) is 13.3. The van der Waals surface area contributed by atoms with E-state index in [-0.39, 0.29) is 10.8 Å². The Labute approximate surface area is 148 Å². The number of carbonyl (C=O) groups is 1. The molecule has 0 aromatic rings. The van der Waals surface area contributed by atoms with Crippen LogP contribution < -0.4 is 0 Å². The van der Waals surface area contributed by atoms with Gasteiger partial charge in [0.05, 0.1) is 6.61 Å². The van der Waals surface area contributed by atoms with Gasteiger partial charge in [0.25, 0.3) is 0 Å². The Morgan fingerprint density at radius 3 is 2.38 bits per heavy atom. The highest BCUT2D eigenvalue weighted by Gasteiger charge is 2.36.